The highest BCUT2D eigenvalue weighted by atomic mass is 32.2. The number of sulfonamides is 1. The van der Waals surface area contributed by atoms with E-state index in [-0.39, 0.29) is 0 Å². The van der Waals surface area contributed by atoms with Crippen molar-refractivity contribution >= 4 is 26.5 Å². The number of H-pyrrole nitrogens is 1. The van der Waals surface area contributed by atoms with Gasteiger partial charge in [-0.25, -0.2) is 8.42 Å². The van der Waals surface area contributed by atoms with Gasteiger partial charge in [-0.15, -0.1) is 0 Å². The maximum absolute atomic E-state index is 13.3. The molecule has 2 aliphatic rings. The number of aromatic amines is 1. The number of nitrogens with zero attached hydrogens (tertiary/aromatic N) is 1. The van der Waals surface area contributed by atoms with Gasteiger partial charge in [0, 0.05) is 29.7 Å². The van der Waals surface area contributed by atoms with Gasteiger partial charge >= 0.3 is 0 Å². The number of hydrogen-bond donors (Lipinski definition) is 1. The van der Waals surface area contributed by atoms with E-state index in [1.807, 2.05) is 30.3 Å². The minimum absolute atomic E-state index is 0.410. The van der Waals surface area contributed by atoms with Crippen molar-refractivity contribution in [3.8, 4) is 0 Å². The number of benzene rings is 2. The molecule has 150 valence electrons. The molecule has 2 heterocycles. The molecule has 29 heavy (non-hydrogen) atoms. The van der Waals surface area contributed by atoms with Crippen molar-refractivity contribution in [2.45, 2.75) is 43.4 Å². The molecular weight excluding hydrogens is 380 g/mol. The molecule has 0 unspecified atom stereocenters. The Bertz CT molecular complexity index is 1180. The highest BCUT2D eigenvalue weighted by Crippen LogP contribution is 2.32. The first-order valence-electron chi connectivity index (χ1n) is 10.5. The fraction of sp³-hybridized carbons (Fsp3) is 0.333. The zero-order chi connectivity index (χ0) is 19.8. The summed E-state index contributed by atoms with van der Waals surface area (Å²) in [5.74, 6) is 0. The summed E-state index contributed by atoms with van der Waals surface area (Å²) < 4.78 is 28.2. The molecule has 1 aromatic heterocycles. The van der Waals surface area contributed by atoms with Gasteiger partial charge in [0.1, 0.15) is 0 Å². The van der Waals surface area contributed by atoms with E-state index in [0.717, 1.165) is 30.2 Å². The van der Waals surface area contributed by atoms with Crippen molar-refractivity contribution in [2.24, 2.45) is 0 Å². The summed E-state index contributed by atoms with van der Waals surface area (Å²) in [5.41, 5.74) is 6.07. The molecule has 0 radical (unpaired) electrons. The van der Waals surface area contributed by atoms with Gasteiger partial charge in [0.15, 0.2) is 0 Å². The average molecular weight is 407 g/mol. The fourth-order valence-electron chi connectivity index (χ4n) is 4.65. The number of aromatic nitrogens is 1. The molecule has 5 heteroatoms. The van der Waals surface area contributed by atoms with E-state index in [0.29, 0.717) is 18.0 Å². The fourth-order valence-corrected chi connectivity index (χ4v) is 6.06. The molecular formula is C24H26N2O2S. The van der Waals surface area contributed by atoms with Gasteiger partial charge in [0.25, 0.3) is 0 Å². The van der Waals surface area contributed by atoms with Crippen LogP contribution in [0.15, 0.2) is 59.5 Å². The molecule has 3 aromatic rings. The average Bonchev–Trinajstić information content (AvgIpc) is 2.94. The van der Waals surface area contributed by atoms with E-state index < -0.39 is 10.0 Å². The number of nitrogens with one attached hydrogen (secondary N) is 1. The molecule has 4 nitrogen and oxygen atoms in total. The Morgan fingerprint density at radius 1 is 0.897 bits per heavy atom. The van der Waals surface area contributed by atoms with Crippen LogP contribution in [0.25, 0.3) is 16.5 Å². The second kappa shape index (κ2) is 7.47. The Balaban J connectivity index is 1.45. The Morgan fingerprint density at radius 2 is 1.72 bits per heavy atom. The van der Waals surface area contributed by atoms with Crippen LogP contribution in [-0.4, -0.2) is 30.8 Å². The van der Waals surface area contributed by atoms with Crippen molar-refractivity contribution in [3.05, 3.63) is 71.4 Å². The van der Waals surface area contributed by atoms with Crippen LogP contribution in [0.5, 0.6) is 0 Å². The molecule has 1 N–H and O–H groups in total. The summed E-state index contributed by atoms with van der Waals surface area (Å²) >= 11 is 0. The summed E-state index contributed by atoms with van der Waals surface area (Å²) in [6, 6.07) is 15.8. The molecule has 1 aliphatic carbocycles. The molecule has 0 saturated carbocycles. The Kier molecular flexibility index (Phi) is 4.80. The number of hydrogen-bond acceptors (Lipinski definition) is 2. The Labute approximate surface area is 172 Å². The maximum Gasteiger partial charge on any atom is 0.243 e. The summed E-state index contributed by atoms with van der Waals surface area (Å²) in [7, 11) is -3.50. The van der Waals surface area contributed by atoms with Crippen LogP contribution in [0.4, 0.5) is 0 Å². The molecule has 0 amide bonds. The van der Waals surface area contributed by atoms with Crippen molar-refractivity contribution in [1.29, 1.82) is 0 Å². The molecule has 5 rings (SSSR count). The van der Waals surface area contributed by atoms with Gasteiger partial charge in [0.2, 0.25) is 10.0 Å². The van der Waals surface area contributed by atoms with E-state index in [2.05, 4.69) is 23.2 Å². The lowest BCUT2D eigenvalue weighted by Gasteiger charge is -2.26. The van der Waals surface area contributed by atoms with Crippen LogP contribution in [0.2, 0.25) is 0 Å². The first-order valence-corrected chi connectivity index (χ1v) is 11.9. The van der Waals surface area contributed by atoms with E-state index in [4.69, 9.17) is 0 Å². The standard InChI is InChI=1S/C24H26N2O2S/c27-29(28,26-15-13-19(14-16-26)18-7-3-1-4-8-18)20-11-12-24-22(17-20)21-9-5-2-6-10-23(21)25-24/h1,3-4,7-8,11-13,17,25H,2,5-6,9-10,14-16H2. The summed E-state index contributed by atoms with van der Waals surface area (Å²) in [6.07, 6.45) is 8.51. The van der Waals surface area contributed by atoms with Gasteiger partial charge in [-0.1, -0.05) is 42.8 Å². The zero-order valence-corrected chi connectivity index (χ0v) is 17.3. The third kappa shape index (κ3) is 3.43. The minimum atomic E-state index is -3.50. The smallest absolute Gasteiger partial charge is 0.243 e. The van der Waals surface area contributed by atoms with Crippen LogP contribution in [-0.2, 0) is 22.9 Å². The third-order valence-electron chi connectivity index (χ3n) is 6.27. The van der Waals surface area contributed by atoms with Crippen LogP contribution in [0, 0.1) is 0 Å². The Morgan fingerprint density at radius 3 is 2.52 bits per heavy atom. The van der Waals surface area contributed by atoms with Crippen molar-refractivity contribution in [1.82, 2.24) is 9.29 Å². The second-order valence-corrected chi connectivity index (χ2v) is 10.00. The molecule has 1 aliphatic heterocycles. The second-order valence-electron chi connectivity index (χ2n) is 8.06. The topological polar surface area (TPSA) is 53.2 Å². The first-order chi connectivity index (χ1) is 14.1. The molecule has 2 aromatic carbocycles. The minimum Gasteiger partial charge on any atom is -0.358 e. The predicted molar refractivity (Wildman–Crippen MR) is 117 cm³/mol. The van der Waals surface area contributed by atoms with Crippen molar-refractivity contribution in [3.63, 3.8) is 0 Å². The molecule has 0 bridgehead atoms. The van der Waals surface area contributed by atoms with Crippen LogP contribution in [0.3, 0.4) is 0 Å². The highest BCUT2D eigenvalue weighted by molar-refractivity contribution is 7.89. The van der Waals surface area contributed by atoms with E-state index >= 15 is 0 Å². The first kappa shape index (κ1) is 18.6. The van der Waals surface area contributed by atoms with Gasteiger partial charge in [-0.3, -0.25) is 0 Å². The molecule has 0 fully saturated rings. The monoisotopic (exact) mass is 406 g/mol. The van der Waals surface area contributed by atoms with Gasteiger partial charge < -0.3 is 4.98 Å². The lowest BCUT2D eigenvalue weighted by atomic mass is 10.0. The van der Waals surface area contributed by atoms with Crippen molar-refractivity contribution in [2.75, 3.05) is 13.1 Å². The molecule has 0 spiro atoms. The lowest BCUT2D eigenvalue weighted by Crippen LogP contribution is -2.34. The van der Waals surface area contributed by atoms with Gasteiger partial charge in [0.05, 0.1) is 4.90 Å². The lowest BCUT2D eigenvalue weighted by molar-refractivity contribution is 0.441. The van der Waals surface area contributed by atoms with E-state index in [1.165, 1.54) is 41.7 Å². The van der Waals surface area contributed by atoms with Crippen LogP contribution >= 0.6 is 0 Å². The number of aryl methyl sites for hydroxylation is 2. The number of fused-ring (bicyclic) bond motifs is 3. The summed E-state index contributed by atoms with van der Waals surface area (Å²) in [5, 5.41) is 1.08. The Hall–Kier alpha value is -2.37. The quantitative estimate of drug-likeness (QED) is 0.628. The van der Waals surface area contributed by atoms with Crippen molar-refractivity contribution < 1.29 is 8.42 Å². The normalized spacial score (nSPS) is 18.3. The van der Waals surface area contributed by atoms with Crippen LogP contribution in [0.1, 0.15) is 42.5 Å². The highest BCUT2D eigenvalue weighted by Gasteiger charge is 2.27. The third-order valence-corrected chi connectivity index (χ3v) is 8.13. The number of rotatable bonds is 3. The summed E-state index contributed by atoms with van der Waals surface area (Å²) in [4.78, 5) is 3.93. The summed E-state index contributed by atoms with van der Waals surface area (Å²) in [6.45, 7) is 0.947. The maximum atomic E-state index is 13.3. The van der Waals surface area contributed by atoms with Gasteiger partial charge in [-0.2, -0.15) is 4.31 Å². The van der Waals surface area contributed by atoms with E-state index in [9.17, 15) is 8.42 Å². The molecule has 0 saturated heterocycles. The SMILES string of the molecule is O=S(=O)(c1ccc2[nH]c3c(c2c1)CCCCC3)N1CC=C(c2ccccc2)CC1. The predicted octanol–water partition coefficient (Wildman–Crippen LogP) is 4.91. The zero-order valence-electron chi connectivity index (χ0n) is 16.5. The van der Waals surface area contributed by atoms with Gasteiger partial charge in [-0.05, 0) is 67.0 Å². The van der Waals surface area contributed by atoms with E-state index in [1.54, 1.807) is 10.4 Å². The van der Waals surface area contributed by atoms with Crippen LogP contribution < -0.4 is 0 Å². The molecule has 0 atom stereocenters. The largest absolute Gasteiger partial charge is 0.358 e.